The Bertz CT molecular complexity index is 716. The number of benzene rings is 2. The highest BCUT2D eigenvalue weighted by molar-refractivity contribution is 5.83. The lowest BCUT2D eigenvalue weighted by molar-refractivity contribution is 0.0609. The van der Waals surface area contributed by atoms with E-state index < -0.39 is 0 Å². The van der Waals surface area contributed by atoms with E-state index in [4.69, 9.17) is 14.2 Å². The molecule has 0 bridgehead atoms. The van der Waals surface area contributed by atoms with Gasteiger partial charge in [-0.2, -0.15) is 0 Å². The first-order valence-electron chi connectivity index (χ1n) is 8.36. The zero-order valence-electron chi connectivity index (χ0n) is 14.5. The molecule has 0 saturated carbocycles. The zero-order valence-corrected chi connectivity index (χ0v) is 14.5. The molecule has 0 N–H and O–H groups in total. The summed E-state index contributed by atoms with van der Waals surface area (Å²) < 4.78 is 17.0. The van der Waals surface area contributed by atoms with E-state index in [0.717, 1.165) is 11.3 Å². The number of aryl methyl sites for hydroxylation is 1. The van der Waals surface area contributed by atoms with Crippen molar-refractivity contribution in [2.24, 2.45) is 0 Å². The zero-order chi connectivity index (χ0) is 16.9. The van der Waals surface area contributed by atoms with Crippen molar-refractivity contribution in [3.05, 3.63) is 70.8 Å². The molecule has 3 heteroatoms. The predicted molar refractivity (Wildman–Crippen MR) is 96.4 cm³/mol. The summed E-state index contributed by atoms with van der Waals surface area (Å²) in [4.78, 5) is 0. The highest BCUT2D eigenvalue weighted by Gasteiger charge is 2.27. The first kappa shape index (κ1) is 16.7. The summed E-state index contributed by atoms with van der Waals surface area (Å²) >= 11 is 0. The second-order valence-electron chi connectivity index (χ2n) is 5.96. The molecule has 0 aromatic heterocycles. The van der Waals surface area contributed by atoms with Crippen molar-refractivity contribution in [2.75, 3.05) is 26.9 Å². The van der Waals surface area contributed by atoms with Gasteiger partial charge in [0.15, 0.2) is 0 Å². The first-order valence-corrected chi connectivity index (χ1v) is 8.36. The van der Waals surface area contributed by atoms with Crippen LogP contribution in [0.25, 0.3) is 5.57 Å². The average molecular weight is 324 g/mol. The SMILES string of the molecule is CCOC1COC/C1=C(/c1ccc(C)cc1)c1cccc(OC)c1. The van der Waals surface area contributed by atoms with Crippen LogP contribution in [-0.4, -0.2) is 33.0 Å². The van der Waals surface area contributed by atoms with Crippen LogP contribution in [0.3, 0.4) is 0 Å². The lowest BCUT2D eigenvalue weighted by Crippen LogP contribution is -2.16. The summed E-state index contributed by atoms with van der Waals surface area (Å²) in [5.41, 5.74) is 5.94. The molecular weight excluding hydrogens is 300 g/mol. The molecule has 0 aliphatic carbocycles. The summed E-state index contributed by atoms with van der Waals surface area (Å²) in [6.45, 7) is 6.02. The summed E-state index contributed by atoms with van der Waals surface area (Å²) in [6, 6.07) is 16.8. The largest absolute Gasteiger partial charge is 0.497 e. The van der Waals surface area contributed by atoms with Crippen LogP contribution >= 0.6 is 0 Å². The molecule has 2 aromatic rings. The molecule has 1 aliphatic rings. The van der Waals surface area contributed by atoms with Crippen molar-refractivity contribution in [1.82, 2.24) is 0 Å². The molecule has 3 rings (SSSR count). The maximum absolute atomic E-state index is 5.91. The molecular formula is C21H24O3. The van der Waals surface area contributed by atoms with Crippen molar-refractivity contribution in [2.45, 2.75) is 20.0 Å². The smallest absolute Gasteiger partial charge is 0.119 e. The average Bonchev–Trinajstić information content (AvgIpc) is 3.05. The van der Waals surface area contributed by atoms with E-state index in [-0.39, 0.29) is 6.10 Å². The van der Waals surface area contributed by atoms with Gasteiger partial charge in [0.1, 0.15) is 11.9 Å². The lowest BCUT2D eigenvalue weighted by atomic mass is 9.91. The van der Waals surface area contributed by atoms with Crippen LogP contribution in [0, 0.1) is 6.92 Å². The highest BCUT2D eigenvalue weighted by Crippen LogP contribution is 2.33. The molecule has 1 unspecified atom stereocenters. The van der Waals surface area contributed by atoms with Crippen molar-refractivity contribution in [3.63, 3.8) is 0 Å². The quantitative estimate of drug-likeness (QED) is 0.823. The van der Waals surface area contributed by atoms with E-state index in [1.807, 2.05) is 19.1 Å². The van der Waals surface area contributed by atoms with Gasteiger partial charge in [-0.05, 0) is 48.3 Å². The standard InChI is InChI=1S/C21H24O3/c1-4-24-20-14-23-13-19(20)21(16-10-8-15(2)9-11-16)17-6-5-7-18(12-17)22-3/h5-12,20H,4,13-14H2,1-3H3/b21-19+. The molecule has 0 radical (unpaired) electrons. The van der Waals surface area contributed by atoms with Gasteiger partial charge in [0, 0.05) is 6.61 Å². The van der Waals surface area contributed by atoms with Crippen LogP contribution in [0.2, 0.25) is 0 Å². The van der Waals surface area contributed by atoms with Crippen LogP contribution in [-0.2, 0) is 9.47 Å². The number of methoxy groups -OCH3 is 1. The molecule has 1 atom stereocenters. The maximum Gasteiger partial charge on any atom is 0.119 e. The Hall–Kier alpha value is -2.10. The van der Waals surface area contributed by atoms with E-state index in [1.165, 1.54) is 22.3 Å². The fraction of sp³-hybridized carbons (Fsp3) is 0.333. The van der Waals surface area contributed by atoms with Crippen molar-refractivity contribution < 1.29 is 14.2 Å². The normalized spacial score (nSPS) is 19.4. The Morgan fingerprint density at radius 3 is 2.62 bits per heavy atom. The second kappa shape index (κ2) is 7.65. The fourth-order valence-corrected chi connectivity index (χ4v) is 3.09. The molecule has 0 amide bonds. The number of hydrogen-bond acceptors (Lipinski definition) is 3. The molecule has 1 heterocycles. The minimum atomic E-state index is 0.0116. The minimum Gasteiger partial charge on any atom is -0.497 e. The maximum atomic E-state index is 5.91. The summed E-state index contributed by atoms with van der Waals surface area (Å²) in [5.74, 6) is 0.851. The molecule has 1 fully saturated rings. The fourth-order valence-electron chi connectivity index (χ4n) is 3.09. The topological polar surface area (TPSA) is 27.7 Å². The summed E-state index contributed by atoms with van der Waals surface area (Å²) in [6.07, 6.45) is 0.0116. The summed E-state index contributed by atoms with van der Waals surface area (Å²) in [7, 11) is 1.69. The van der Waals surface area contributed by atoms with Gasteiger partial charge in [-0.1, -0.05) is 42.0 Å². The Morgan fingerprint density at radius 2 is 1.92 bits per heavy atom. The number of ether oxygens (including phenoxy) is 3. The van der Waals surface area contributed by atoms with Gasteiger partial charge in [-0.25, -0.2) is 0 Å². The van der Waals surface area contributed by atoms with E-state index >= 15 is 0 Å². The molecule has 126 valence electrons. The minimum absolute atomic E-state index is 0.0116. The van der Waals surface area contributed by atoms with Crippen LogP contribution < -0.4 is 4.74 Å². The van der Waals surface area contributed by atoms with E-state index in [1.54, 1.807) is 7.11 Å². The summed E-state index contributed by atoms with van der Waals surface area (Å²) in [5, 5.41) is 0. The molecule has 2 aromatic carbocycles. The Labute approximate surface area is 143 Å². The van der Waals surface area contributed by atoms with Crippen molar-refractivity contribution in [3.8, 4) is 5.75 Å². The first-order chi connectivity index (χ1) is 11.7. The van der Waals surface area contributed by atoms with Gasteiger partial charge in [0.25, 0.3) is 0 Å². The Morgan fingerprint density at radius 1 is 1.12 bits per heavy atom. The third-order valence-corrected chi connectivity index (χ3v) is 4.30. The van der Waals surface area contributed by atoms with Gasteiger partial charge in [0.05, 0.1) is 20.3 Å². The predicted octanol–water partition coefficient (Wildman–Crippen LogP) is 4.24. The second-order valence-corrected chi connectivity index (χ2v) is 5.96. The Balaban J connectivity index is 2.15. The van der Waals surface area contributed by atoms with Crippen LogP contribution in [0.1, 0.15) is 23.6 Å². The molecule has 3 nitrogen and oxygen atoms in total. The van der Waals surface area contributed by atoms with Gasteiger partial charge in [-0.3, -0.25) is 0 Å². The van der Waals surface area contributed by atoms with Gasteiger partial charge >= 0.3 is 0 Å². The number of rotatable bonds is 5. The third-order valence-electron chi connectivity index (χ3n) is 4.30. The van der Waals surface area contributed by atoms with Gasteiger partial charge < -0.3 is 14.2 Å². The molecule has 0 spiro atoms. The van der Waals surface area contributed by atoms with Gasteiger partial charge in [-0.15, -0.1) is 0 Å². The van der Waals surface area contributed by atoms with Crippen molar-refractivity contribution >= 4 is 5.57 Å². The van der Waals surface area contributed by atoms with Crippen LogP contribution in [0.4, 0.5) is 0 Å². The van der Waals surface area contributed by atoms with Crippen LogP contribution in [0.5, 0.6) is 5.75 Å². The van der Waals surface area contributed by atoms with Gasteiger partial charge in [0.2, 0.25) is 0 Å². The van der Waals surface area contributed by atoms with E-state index in [9.17, 15) is 0 Å². The third kappa shape index (κ3) is 3.53. The number of hydrogen-bond donors (Lipinski definition) is 0. The van der Waals surface area contributed by atoms with E-state index in [0.29, 0.717) is 19.8 Å². The molecule has 24 heavy (non-hydrogen) atoms. The molecule has 1 aliphatic heterocycles. The highest BCUT2D eigenvalue weighted by atomic mass is 16.5. The lowest BCUT2D eigenvalue weighted by Gasteiger charge is -2.18. The van der Waals surface area contributed by atoms with E-state index in [2.05, 4.69) is 43.3 Å². The van der Waals surface area contributed by atoms with Crippen molar-refractivity contribution in [1.29, 1.82) is 0 Å². The Kier molecular flexibility index (Phi) is 5.34. The van der Waals surface area contributed by atoms with Crippen LogP contribution in [0.15, 0.2) is 54.1 Å². The molecule has 1 saturated heterocycles. The monoisotopic (exact) mass is 324 g/mol.